The molecule has 0 saturated heterocycles. The largest absolute Gasteiger partial charge is 0.461 e. The maximum absolute atomic E-state index is 13.2. The van der Waals surface area contributed by atoms with Crippen molar-refractivity contribution >= 4 is 29.0 Å². The minimum absolute atomic E-state index is 0.0984. The Labute approximate surface area is 156 Å². The van der Waals surface area contributed by atoms with E-state index in [1.165, 1.54) is 0 Å². The summed E-state index contributed by atoms with van der Waals surface area (Å²) >= 11 is 0. The number of pyridine rings is 1. The van der Waals surface area contributed by atoms with Crippen LogP contribution in [0, 0.1) is 0 Å². The molecular weight excluding hydrogens is 344 g/mol. The first-order chi connectivity index (χ1) is 13.1. The van der Waals surface area contributed by atoms with Gasteiger partial charge in [-0.05, 0) is 43.2 Å². The van der Waals surface area contributed by atoms with Gasteiger partial charge in [0, 0.05) is 6.20 Å². The number of anilines is 1. The number of benzene rings is 1. The van der Waals surface area contributed by atoms with E-state index in [2.05, 4.69) is 0 Å². The topological polar surface area (TPSA) is 68.1 Å². The Morgan fingerprint density at radius 1 is 1.00 bits per heavy atom. The standard InChI is InChI=1S/C21H18N2O4/c1-3-13-10-11-22-15(12-13)16-17(18(22)21(26)27-4-2)20(25)23(19(16)24)14-8-6-5-7-9-14/h5-12H,3-4H2,1-2H3. The highest BCUT2D eigenvalue weighted by Crippen LogP contribution is 2.35. The lowest BCUT2D eigenvalue weighted by atomic mass is 10.1. The Hall–Kier alpha value is -3.41. The molecule has 1 aromatic carbocycles. The van der Waals surface area contributed by atoms with Crippen LogP contribution >= 0.6 is 0 Å². The van der Waals surface area contributed by atoms with E-state index in [0.717, 1.165) is 16.9 Å². The first-order valence-corrected chi connectivity index (χ1v) is 8.86. The summed E-state index contributed by atoms with van der Waals surface area (Å²) in [5.41, 5.74) is 2.49. The highest BCUT2D eigenvalue weighted by atomic mass is 16.5. The maximum Gasteiger partial charge on any atom is 0.356 e. The summed E-state index contributed by atoms with van der Waals surface area (Å²) in [6.07, 6.45) is 2.49. The number of esters is 1. The Morgan fingerprint density at radius 3 is 2.37 bits per heavy atom. The minimum atomic E-state index is -0.617. The van der Waals surface area contributed by atoms with Crippen LogP contribution in [0.3, 0.4) is 0 Å². The van der Waals surface area contributed by atoms with Crippen LogP contribution in [-0.4, -0.2) is 28.8 Å². The minimum Gasteiger partial charge on any atom is -0.461 e. The van der Waals surface area contributed by atoms with Crippen molar-refractivity contribution in [2.75, 3.05) is 11.5 Å². The third-order valence-corrected chi connectivity index (χ3v) is 4.73. The molecule has 3 heterocycles. The molecule has 2 amide bonds. The predicted molar refractivity (Wildman–Crippen MR) is 100 cm³/mol. The van der Waals surface area contributed by atoms with Gasteiger partial charge in [0.05, 0.1) is 28.9 Å². The predicted octanol–water partition coefficient (Wildman–Crippen LogP) is 3.48. The number of carbonyl (C=O) groups excluding carboxylic acids is 3. The summed E-state index contributed by atoms with van der Waals surface area (Å²) in [5.74, 6) is -1.55. The Morgan fingerprint density at radius 2 is 1.70 bits per heavy atom. The fraction of sp³-hybridized carbons (Fsp3) is 0.190. The van der Waals surface area contributed by atoms with Gasteiger partial charge < -0.3 is 9.14 Å². The van der Waals surface area contributed by atoms with Crippen LogP contribution in [0.25, 0.3) is 5.52 Å². The van der Waals surface area contributed by atoms with E-state index in [-0.39, 0.29) is 23.4 Å². The first kappa shape index (κ1) is 17.0. The zero-order chi connectivity index (χ0) is 19.1. The van der Waals surface area contributed by atoms with Gasteiger partial charge >= 0.3 is 5.97 Å². The zero-order valence-corrected chi connectivity index (χ0v) is 15.1. The number of nitrogens with zero attached hydrogens (tertiary/aromatic N) is 2. The highest BCUT2D eigenvalue weighted by molar-refractivity contribution is 6.38. The number of carbonyl (C=O) groups is 3. The molecule has 0 fully saturated rings. The van der Waals surface area contributed by atoms with Gasteiger partial charge in [0.15, 0.2) is 0 Å². The number of hydrogen-bond acceptors (Lipinski definition) is 4. The summed E-state index contributed by atoms with van der Waals surface area (Å²) in [4.78, 5) is 40.0. The van der Waals surface area contributed by atoms with E-state index in [0.29, 0.717) is 11.2 Å². The van der Waals surface area contributed by atoms with Crippen molar-refractivity contribution in [3.8, 4) is 0 Å². The maximum atomic E-state index is 13.2. The lowest BCUT2D eigenvalue weighted by Crippen LogP contribution is -2.30. The van der Waals surface area contributed by atoms with Crippen molar-refractivity contribution in [1.29, 1.82) is 0 Å². The van der Waals surface area contributed by atoms with Crippen molar-refractivity contribution in [3.05, 3.63) is 71.0 Å². The van der Waals surface area contributed by atoms with Gasteiger partial charge in [0.25, 0.3) is 11.8 Å². The third kappa shape index (κ3) is 2.44. The summed E-state index contributed by atoms with van der Waals surface area (Å²) in [7, 11) is 0. The summed E-state index contributed by atoms with van der Waals surface area (Å²) in [5, 5.41) is 0. The van der Waals surface area contributed by atoms with E-state index >= 15 is 0 Å². The van der Waals surface area contributed by atoms with Crippen LogP contribution in [0.5, 0.6) is 0 Å². The van der Waals surface area contributed by atoms with Crippen molar-refractivity contribution < 1.29 is 19.1 Å². The van der Waals surface area contributed by atoms with Gasteiger partial charge in [0.1, 0.15) is 5.69 Å². The molecule has 0 saturated carbocycles. The quantitative estimate of drug-likeness (QED) is 0.526. The highest BCUT2D eigenvalue weighted by Gasteiger charge is 2.44. The van der Waals surface area contributed by atoms with Crippen molar-refractivity contribution in [2.24, 2.45) is 0 Å². The van der Waals surface area contributed by atoms with E-state index in [4.69, 9.17) is 4.74 Å². The molecule has 6 nitrogen and oxygen atoms in total. The van der Waals surface area contributed by atoms with Gasteiger partial charge in [0.2, 0.25) is 0 Å². The van der Waals surface area contributed by atoms with Crippen LogP contribution in [0.4, 0.5) is 5.69 Å². The zero-order valence-electron chi connectivity index (χ0n) is 15.1. The molecule has 3 aromatic rings. The van der Waals surface area contributed by atoms with E-state index in [1.54, 1.807) is 41.8 Å². The van der Waals surface area contributed by atoms with E-state index in [9.17, 15) is 14.4 Å². The number of aryl methyl sites for hydroxylation is 1. The van der Waals surface area contributed by atoms with E-state index in [1.807, 2.05) is 25.1 Å². The van der Waals surface area contributed by atoms with Crippen LogP contribution < -0.4 is 4.90 Å². The second-order valence-corrected chi connectivity index (χ2v) is 6.24. The molecule has 1 aliphatic heterocycles. The molecule has 0 N–H and O–H groups in total. The van der Waals surface area contributed by atoms with Gasteiger partial charge in [-0.2, -0.15) is 0 Å². The number of hydrogen-bond donors (Lipinski definition) is 0. The first-order valence-electron chi connectivity index (χ1n) is 8.86. The molecule has 0 unspecified atom stereocenters. The summed E-state index contributed by atoms with van der Waals surface area (Å²) in [6, 6.07) is 12.4. The Balaban J connectivity index is 1.99. The number of amides is 2. The Bertz CT molecular complexity index is 1080. The number of aromatic nitrogens is 1. The molecule has 136 valence electrons. The van der Waals surface area contributed by atoms with Crippen LogP contribution in [0.15, 0.2) is 48.7 Å². The SMILES string of the molecule is CCOC(=O)c1c2c(c3cc(CC)ccn13)C(=O)N(c1ccccc1)C2=O. The average molecular weight is 362 g/mol. The number of rotatable bonds is 4. The summed E-state index contributed by atoms with van der Waals surface area (Å²) in [6.45, 7) is 3.88. The fourth-order valence-electron chi connectivity index (χ4n) is 3.47. The normalized spacial score (nSPS) is 13.3. The van der Waals surface area contributed by atoms with Crippen molar-refractivity contribution in [1.82, 2.24) is 4.40 Å². The van der Waals surface area contributed by atoms with Crippen LogP contribution in [0.2, 0.25) is 0 Å². The molecule has 0 radical (unpaired) electrons. The van der Waals surface area contributed by atoms with Gasteiger partial charge in [-0.25, -0.2) is 9.69 Å². The van der Waals surface area contributed by atoms with Crippen molar-refractivity contribution in [3.63, 3.8) is 0 Å². The molecule has 1 aliphatic rings. The summed E-state index contributed by atoms with van der Waals surface area (Å²) < 4.78 is 6.74. The number of imide groups is 1. The second kappa shape index (κ2) is 6.39. The molecule has 0 aliphatic carbocycles. The van der Waals surface area contributed by atoms with Gasteiger partial charge in [-0.3, -0.25) is 9.59 Å². The Kier molecular flexibility index (Phi) is 4.03. The van der Waals surface area contributed by atoms with Crippen molar-refractivity contribution in [2.45, 2.75) is 20.3 Å². The molecule has 27 heavy (non-hydrogen) atoms. The van der Waals surface area contributed by atoms with Crippen LogP contribution in [0.1, 0.15) is 50.6 Å². The molecule has 2 aromatic heterocycles. The number of para-hydroxylation sites is 1. The fourth-order valence-corrected chi connectivity index (χ4v) is 3.47. The molecular formula is C21H18N2O4. The lowest BCUT2D eigenvalue weighted by molar-refractivity contribution is 0.0515. The third-order valence-electron chi connectivity index (χ3n) is 4.73. The van der Waals surface area contributed by atoms with Crippen LogP contribution in [-0.2, 0) is 11.2 Å². The molecule has 0 spiro atoms. The lowest BCUT2D eigenvalue weighted by Gasteiger charge is -2.15. The smallest absolute Gasteiger partial charge is 0.356 e. The number of fused-ring (bicyclic) bond motifs is 3. The number of ether oxygens (including phenoxy) is 1. The monoisotopic (exact) mass is 362 g/mol. The molecule has 0 bridgehead atoms. The molecule has 4 rings (SSSR count). The van der Waals surface area contributed by atoms with Gasteiger partial charge in [-0.15, -0.1) is 0 Å². The average Bonchev–Trinajstić information content (AvgIpc) is 3.15. The molecule has 6 heteroatoms. The molecule has 0 atom stereocenters. The van der Waals surface area contributed by atoms with Gasteiger partial charge in [-0.1, -0.05) is 25.1 Å². The van der Waals surface area contributed by atoms with E-state index < -0.39 is 17.8 Å². The second-order valence-electron chi connectivity index (χ2n) is 6.24.